The van der Waals surface area contributed by atoms with Crippen molar-refractivity contribution in [1.29, 1.82) is 0 Å². The highest BCUT2D eigenvalue weighted by atomic mass is 19.4. The quantitative estimate of drug-likeness (QED) is 0.792. The van der Waals surface area contributed by atoms with E-state index in [-0.39, 0.29) is 12.3 Å². The molecular formula is C12H17F3N2O2. The van der Waals surface area contributed by atoms with Gasteiger partial charge in [-0.15, -0.1) is 0 Å². The molecule has 108 valence electrons. The molecule has 7 heteroatoms. The number of hydrogen-bond donors (Lipinski definition) is 1. The van der Waals surface area contributed by atoms with E-state index in [0.29, 0.717) is 12.8 Å². The van der Waals surface area contributed by atoms with Gasteiger partial charge in [-0.25, -0.2) is 0 Å². The lowest BCUT2D eigenvalue weighted by Crippen LogP contribution is -2.57. The monoisotopic (exact) mass is 278 g/mol. The Morgan fingerprint density at radius 3 is 2.42 bits per heavy atom. The van der Waals surface area contributed by atoms with Crippen molar-refractivity contribution in [2.24, 2.45) is 0 Å². The molecule has 1 aliphatic heterocycles. The van der Waals surface area contributed by atoms with Crippen LogP contribution in [0.15, 0.2) is 0 Å². The molecule has 1 saturated heterocycles. The minimum absolute atomic E-state index is 0.0798. The van der Waals surface area contributed by atoms with Crippen LogP contribution < -0.4 is 5.32 Å². The lowest BCUT2D eigenvalue weighted by Gasteiger charge is -2.34. The highest BCUT2D eigenvalue weighted by Gasteiger charge is 2.50. The molecule has 0 aromatic heterocycles. The number of nitrogens with zero attached hydrogens (tertiary/aromatic N) is 1. The first kappa shape index (κ1) is 14.1. The molecule has 1 unspecified atom stereocenters. The molecule has 0 aromatic rings. The summed E-state index contributed by atoms with van der Waals surface area (Å²) in [7, 11) is 0. The second kappa shape index (κ2) is 4.68. The van der Waals surface area contributed by atoms with Crippen molar-refractivity contribution in [3.8, 4) is 0 Å². The van der Waals surface area contributed by atoms with Crippen LogP contribution in [-0.2, 0) is 9.59 Å². The van der Waals surface area contributed by atoms with Crippen LogP contribution in [-0.4, -0.2) is 41.0 Å². The fourth-order valence-electron chi connectivity index (χ4n) is 2.96. The van der Waals surface area contributed by atoms with Gasteiger partial charge in [-0.3, -0.25) is 9.59 Å². The van der Waals surface area contributed by atoms with E-state index in [9.17, 15) is 22.8 Å². The number of carbonyl (C=O) groups is 2. The Balaban J connectivity index is 2.29. The molecule has 0 aromatic carbocycles. The maximum Gasteiger partial charge on any atom is 0.406 e. The van der Waals surface area contributed by atoms with Crippen molar-refractivity contribution in [2.75, 3.05) is 6.54 Å². The smallest absolute Gasteiger partial charge is 0.342 e. The molecule has 4 nitrogen and oxygen atoms in total. The van der Waals surface area contributed by atoms with E-state index in [2.05, 4.69) is 5.32 Å². The lowest BCUT2D eigenvalue weighted by atomic mass is 9.95. The number of alkyl halides is 3. The summed E-state index contributed by atoms with van der Waals surface area (Å²) in [6, 6.07) is -0.728. The lowest BCUT2D eigenvalue weighted by molar-refractivity contribution is -0.168. The third-order valence-electron chi connectivity index (χ3n) is 3.87. The van der Waals surface area contributed by atoms with Crippen molar-refractivity contribution in [3.05, 3.63) is 0 Å². The van der Waals surface area contributed by atoms with Gasteiger partial charge in [0.15, 0.2) is 0 Å². The highest BCUT2D eigenvalue weighted by Crippen LogP contribution is 2.35. The summed E-state index contributed by atoms with van der Waals surface area (Å²) in [4.78, 5) is 25.0. The van der Waals surface area contributed by atoms with Gasteiger partial charge in [0.1, 0.15) is 12.1 Å². The molecule has 2 aliphatic rings. The van der Waals surface area contributed by atoms with Crippen molar-refractivity contribution in [1.82, 2.24) is 10.2 Å². The van der Waals surface area contributed by atoms with Gasteiger partial charge in [-0.2, -0.15) is 13.2 Å². The number of carbonyl (C=O) groups excluding carboxylic acids is 2. The Morgan fingerprint density at radius 2 is 1.89 bits per heavy atom. The van der Waals surface area contributed by atoms with Crippen LogP contribution in [0.25, 0.3) is 0 Å². The fourth-order valence-corrected chi connectivity index (χ4v) is 2.96. The first-order chi connectivity index (χ1) is 8.73. The van der Waals surface area contributed by atoms with Crippen LogP contribution in [0.2, 0.25) is 0 Å². The predicted octanol–water partition coefficient (Wildman–Crippen LogP) is 1.60. The van der Waals surface area contributed by atoms with Gasteiger partial charge in [0.2, 0.25) is 11.8 Å². The summed E-state index contributed by atoms with van der Waals surface area (Å²) in [5.74, 6) is -0.923. The van der Waals surface area contributed by atoms with Gasteiger partial charge in [-0.05, 0) is 19.8 Å². The summed E-state index contributed by atoms with van der Waals surface area (Å²) in [6.45, 7) is 0.195. The van der Waals surface area contributed by atoms with E-state index in [1.165, 1.54) is 6.92 Å². The number of halogens is 3. The minimum Gasteiger partial charge on any atom is -0.342 e. The fraction of sp³-hybridized carbons (Fsp3) is 0.833. The molecule has 1 aliphatic carbocycles. The Morgan fingerprint density at radius 1 is 1.32 bits per heavy atom. The molecule has 2 rings (SSSR count). The molecule has 1 saturated carbocycles. The van der Waals surface area contributed by atoms with E-state index < -0.39 is 30.2 Å². The first-order valence-electron chi connectivity index (χ1n) is 6.42. The summed E-state index contributed by atoms with van der Waals surface area (Å²) < 4.78 is 37.8. The summed E-state index contributed by atoms with van der Waals surface area (Å²) in [5.41, 5.74) is -1.10. The van der Waals surface area contributed by atoms with Crippen LogP contribution in [0.1, 0.15) is 39.0 Å². The Kier molecular flexibility index (Phi) is 3.49. The molecule has 1 N–H and O–H groups in total. The van der Waals surface area contributed by atoms with Crippen LogP contribution in [0.5, 0.6) is 0 Å². The normalized spacial score (nSPS) is 27.6. The SMILES string of the molecule is CC1CC(=O)NC2(CCCC2)C(=O)N1CC(F)(F)F. The highest BCUT2D eigenvalue weighted by molar-refractivity contribution is 5.94. The average molecular weight is 278 g/mol. The molecule has 1 spiro atoms. The number of hydrogen-bond acceptors (Lipinski definition) is 2. The van der Waals surface area contributed by atoms with E-state index in [1.807, 2.05) is 0 Å². The molecule has 1 heterocycles. The van der Waals surface area contributed by atoms with Crippen LogP contribution in [0.4, 0.5) is 13.2 Å². The third-order valence-corrected chi connectivity index (χ3v) is 3.87. The molecule has 0 radical (unpaired) electrons. The van der Waals surface area contributed by atoms with Gasteiger partial charge < -0.3 is 10.2 Å². The van der Waals surface area contributed by atoms with Crippen LogP contribution in [0, 0.1) is 0 Å². The van der Waals surface area contributed by atoms with Gasteiger partial charge in [-0.1, -0.05) is 12.8 Å². The van der Waals surface area contributed by atoms with Crippen LogP contribution >= 0.6 is 0 Å². The zero-order chi connectivity index (χ0) is 14.3. The summed E-state index contributed by atoms with van der Waals surface area (Å²) in [6.07, 6.45) is -2.17. The van der Waals surface area contributed by atoms with E-state index >= 15 is 0 Å². The third kappa shape index (κ3) is 2.84. The average Bonchev–Trinajstić information content (AvgIpc) is 2.69. The van der Waals surface area contributed by atoms with Crippen molar-refractivity contribution in [3.63, 3.8) is 0 Å². The number of nitrogens with one attached hydrogen (secondary N) is 1. The number of rotatable bonds is 1. The Hall–Kier alpha value is -1.27. The van der Waals surface area contributed by atoms with Gasteiger partial charge in [0.05, 0.1) is 0 Å². The molecule has 0 bridgehead atoms. The second-order valence-corrected chi connectivity index (χ2v) is 5.44. The predicted molar refractivity (Wildman–Crippen MR) is 61.2 cm³/mol. The molecule has 2 amide bonds. The zero-order valence-corrected chi connectivity index (χ0v) is 10.7. The topological polar surface area (TPSA) is 49.4 Å². The molecule has 1 atom stereocenters. The van der Waals surface area contributed by atoms with Gasteiger partial charge >= 0.3 is 6.18 Å². The first-order valence-corrected chi connectivity index (χ1v) is 6.42. The maximum atomic E-state index is 12.6. The minimum atomic E-state index is -4.45. The van der Waals surface area contributed by atoms with Gasteiger partial charge in [0, 0.05) is 12.5 Å². The molecule has 2 fully saturated rings. The van der Waals surface area contributed by atoms with E-state index in [4.69, 9.17) is 0 Å². The zero-order valence-electron chi connectivity index (χ0n) is 10.7. The van der Waals surface area contributed by atoms with Crippen molar-refractivity contribution in [2.45, 2.75) is 56.8 Å². The molecular weight excluding hydrogens is 261 g/mol. The van der Waals surface area contributed by atoms with E-state index in [0.717, 1.165) is 17.7 Å². The largest absolute Gasteiger partial charge is 0.406 e. The summed E-state index contributed by atoms with van der Waals surface area (Å²) >= 11 is 0. The number of amides is 2. The van der Waals surface area contributed by atoms with Crippen LogP contribution in [0.3, 0.4) is 0 Å². The maximum absolute atomic E-state index is 12.6. The molecule has 19 heavy (non-hydrogen) atoms. The second-order valence-electron chi connectivity index (χ2n) is 5.44. The summed E-state index contributed by atoms with van der Waals surface area (Å²) in [5, 5.41) is 2.65. The van der Waals surface area contributed by atoms with Crippen molar-refractivity contribution >= 4 is 11.8 Å². The Labute approximate surface area is 109 Å². The van der Waals surface area contributed by atoms with Crippen molar-refractivity contribution < 1.29 is 22.8 Å². The van der Waals surface area contributed by atoms with Gasteiger partial charge in [0.25, 0.3) is 0 Å². The Bertz CT molecular complexity index is 389. The van der Waals surface area contributed by atoms with E-state index in [1.54, 1.807) is 0 Å². The standard InChI is InChI=1S/C12H17F3N2O2/c1-8-6-9(18)16-11(4-2-3-5-11)10(19)17(8)7-12(13,14)15/h8H,2-7H2,1H3,(H,16,18).